The second-order valence-corrected chi connectivity index (χ2v) is 5.11. The standard InChI is InChI=1S/C13H22N4O/c1-11(9-16-8-5-14-10-16)15-13-3-6-17(7-4-13)12(2)18/h5,8,10-11,13,15H,3-4,6-7,9H2,1-2H3. The lowest BCUT2D eigenvalue weighted by Gasteiger charge is -2.33. The molecule has 5 heteroatoms. The second-order valence-electron chi connectivity index (χ2n) is 5.11. The zero-order valence-electron chi connectivity index (χ0n) is 11.2. The van der Waals surface area contributed by atoms with E-state index in [2.05, 4.69) is 21.8 Å². The molecule has 18 heavy (non-hydrogen) atoms. The number of carbonyl (C=O) groups is 1. The Morgan fingerprint density at radius 1 is 1.50 bits per heavy atom. The molecular formula is C13H22N4O. The summed E-state index contributed by atoms with van der Waals surface area (Å²) in [6, 6.07) is 0.951. The summed E-state index contributed by atoms with van der Waals surface area (Å²) in [5, 5.41) is 3.63. The Hall–Kier alpha value is -1.36. The molecule has 0 aromatic carbocycles. The molecule has 1 unspecified atom stereocenters. The molecular weight excluding hydrogens is 228 g/mol. The summed E-state index contributed by atoms with van der Waals surface area (Å²) in [6.07, 6.45) is 7.73. The van der Waals surface area contributed by atoms with Crippen molar-refractivity contribution in [1.82, 2.24) is 19.8 Å². The highest BCUT2D eigenvalue weighted by atomic mass is 16.2. The van der Waals surface area contributed by atoms with Crippen molar-refractivity contribution >= 4 is 5.91 Å². The van der Waals surface area contributed by atoms with Gasteiger partial charge in [-0.05, 0) is 19.8 Å². The second kappa shape index (κ2) is 6.00. The predicted octanol–water partition coefficient (Wildman–Crippen LogP) is 0.872. The van der Waals surface area contributed by atoms with E-state index in [1.165, 1.54) is 0 Å². The zero-order valence-corrected chi connectivity index (χ0v) is 11.2. The molecule has 1 aliphatic heterocycles. The highest BCUT2D eigenvalue weighted by Gasteiger charge is 2.21. The van der Waals surface area contributed by atoms with Gasteiger partial charge in [0.1, 0.15) is 0 Å². The van der Waals surface area contributed by atoms with Crippen LogP contribution in [0.2, 0.25) is 0 Å². The van der Waals surface area contributed by atoms with Gasteiger partial charge in [-0.25, -0.2) is 4.98 Å². The van der Waals surface area contributed by atoms with E-state index in [1.807, 2.05) is 17.4 Å². The third-order valence-corrected chi connectivity index (χ3v) is 3.50. The van der Waals surface area contributed by atoms with Crippen LogP contribution in [0.5, 0.6) is 0 Å². The lowest BCUT2D eigenvalue weighted by molar-refractivity contribution is -0.129. The third kappa shape index (κ3) is 3.57. The number of imidazole rings is 1. The third-order valence-electron chi connectivity index (χ3n) is 3.50. The molecule has 2 rings (SSSR count). The van der Waals surface area contributed by atoms with Crippen molar-refractivity contribution < 1.29 is 4.79 Å². The smallest absolute Gasteiger partial charge is 0.219 e. The predicted molar refractivity (Wildman–Crippen MR) is 70.1 cm³/mol. The molecule has 1 fully saturated rings. The molecule has 0 aliphatic carbocycles. The molecule has 1 N–H and O–H groups in total. The van der Waals surface area contributed by atoms with Gasteiger partial charge in [-0.15, -0.1) is 0 Å². The van der Waals surface area contributed by atoms with E-state index in [0.29, 0.717) is 12.1 Å². The van der Waals surface area contributed by atoms with Crippen molar-refractivity contribution in [2.75, 3.05) is 13.1 Å². The molecule has 1 amide bonds. The highest BCUT2D eigenvalue weighted by molar-refractivity contribution is 5.73. The Bertz CT molecular complexity index is 368. The van der Waals surface area contributed by atoms with Gasteiger partial charge in [0.2, 0.25) is 5.91 Å². The van der Waals surface area contributed by atoms with Crippen molar-refractivity contribution in [1.29, 1.82) is 0 Å². The number of hydrogen-bond acceptors (Lipinski definition) is 3. The van der Waals surface area contributed by atoms with Crippen LogP contribution >= 0.6 is 0 Å². The number of hydrogen-bond donors (Lipinski definition) is 1. The molecule has 100 valence electrons. The van der Waals surface area contributed by atoms with Gasteiger partial charge in [0.05, 0.1) is 6.33 Å². The van der Waals surface area contributed by atoms with Crippen LogP contribution in [-0.2, 0) is 11.3 Å². The fourth-order valence-electron chi connectivity index (χ4n) is 2.53. The van der Waals surface area contributed by atoms with E-state index >= 15 is 0 Å². The van der Waals surface area contributed by atoms with Crippen LogP contribution in [0.3, 0.4) is 0 Å². The van der Waals surface area contributed by atoms with Gasteiger partial charge >= 0.3 is 0 Å². The fraction of sp³-hybridized carbons (Fsp3) is 0.692. The van der Waals surface area contributed by atoms with Gasteiger partial charge in [0, 0.05) is 51.0 Å². The van der Waals surface area contributed by atoms with Crippen molar-refractivity contribution in [2.24, 2.45) is 0 Å². The largest absolute Gasteiger partial charge is 0.343 e. The van der Waals surface area contributed by atoms with E-state index in [-0.39, 0.29) is 5.91 Å². The van der Waals surface area contributed by atoms with Crippen molar-refractivity contribution in [2.45, 2.75) is 45.3 Å². The number of likely N-dealkylation sites (tertiary alicyclic amines) is 1. The Balaban J connectivity index is 1.72. The van der Waals surface area contributed by atoms with Crippen LogP contribution in [0.15, 0.2) is 18.7 Å². The van der Waals surface area contributed by atoms with Crippen LogP contribution in [0, 0.1) is 0 Å². The number of nitrogens with one attached hydrogen (secondary N) is 1. The van der Waals surface area contributed by atoms with Crippen molar-refractivity contribution in [3.05, 3.63) is 18.7 Å². The van der Waals surface area contributed by atoms with E-state index in [0.717, 1.165) is 32.5 Å². The number of carbonyl (C=O) groups excluding carboxylic acids is 1. The Morgan fingerprint density at radius 3 is 2.78 bits per heavy atom. The summed E-state index contributed by atoms with van der Waals surface area (Å²) < 4.78 is 2.09. The topological polar surface area (TPSA) is 50.2 Å². The van der Waals surface area contributed by atoms with Gasteiger partial charge in [0.25, 0.3) is 0 Å². The number of rotatable bonds is 4. The minimum Gasteiger partial charge on any atom is -0.343 e. The zero-order chi connectivity index (χ0) is 13.0. The molecule has 1 aliphatic rings. The van der Waals surface area contributed by atoms with Gasteiger partial charge in [-0.3, -0.25) is 4.79 Å². The van der Waals surface area contributed by atoms with Gasteiger partial charge in [-0.1, -0.05) is 0 Å². The SMILES string of the molecule is CC(=O)N1CCC(NC(C)Cn2ccnc2)CC1. The van der Waals surface area contributed by atoms with Crippen LogP contribution < -0.4 is 5.32 Å². The molecule has 1 atom stereocenters. The van der Waals surface area contributed by atoms with E-state index < -0.39 is 0 Å². The molecule has 1 saturated heterocycles. The molecule has 0 saturated carbocycles. The van der Waals surface area contributed by atoms with Crippen LogP contribution in [-0.4, -0.2) is 45.5 Å². The molecule has 0 radical (unpaired) electrons. The molecule has 1 aromatic rings. The maximum atomic E-state index is 11.2. The maximum Gasteiger partial charge on any atom is 0.219 e. The molecule has 2 heterocycles. The van der Waals surface area contributed by atoms with E-state index in [9.17, 15) is 4.79 Å². The summed E-state index contributed by atoms with van der Waals surface area (Å²) in [7, 11) is 0. The molecule has 0 bridgehead atoms. The Morgan fingerprint density at radius 2 is 2.22 bits per heavy atom. The van der Waals surface area contributed by atoms with Crippen molar-refractivity contribution in [3.8, 4) is 0 Å². The summed E-state index contributed by atoms with van der Waals surface area (Å²) in [5.41, 5.74) is 0. The van der Waals surface area contributed by atoms with Gasteiger partial charge in [0.15, 0.2) is 0 Å². The summed E-state index contributed by atoms with van der Waals surface area (Å²) in [5.74, 6) is 0.194. The first-order valence-corrected chi connectivity index (χ1v) is 6.62. The normalized spacial score (nSPS) is 18.9. The number of amides is 1. The summed E-state index contributed by atoms with van der Waals surface area (Å²) >= 11 is 0. The Labute approximate surface area is 108 Å². The summed E-state index contributed by atoms with van der Waals surface area (Å²) in [4.78, 5) is 17.2. The van der Waals surface area contributed by atoms with E-state index in [4.69, 9.17) is 0 Å². The van der Waals surface area contributed by atoms with Crippen LogP contribution in [0.1, 0.15) is 26.7 Å². The minimum absolute atomic E-state index is 0.194. The average Bonchev–Trinajstić information content (AvgIpc) is 2.82. The number of aromatic nitrogens is 2. The number of piperidine rings is 1. The minimum atomic E-state index is 0.194. The van der Waals surface area contributed by atoms with Gasteiger partial charge < -0.3 is 14.8 Å². The van der Waals surface area contributed by atoms with Gasteiger partial charge in [-0.2, -0.15) is 0 Å². The first-order chi connectivity index (χ1) is 8.65. The van der Waals surface area contributed by atoms with Crippen LogP contribution in [0.25, 0.3) is 0 Å². The van der Waals surface area contributed by atoms with Crippen LogP contribution in [0.4, 0.5) is 0 Å². The first-order valence-electron chi connectivity index (χ1n) is 6.62. The number of nitrogens with zero attached hydrogens (tertiary/aromatic N) is 3. The van der Waals surface area contributed by atoms with Crippen molar-refractivity contribution in [3.63, 3.8) is 0 Å². The molecule has 5 nitrogen and oxygen atoms in total. The molecule has 0 spiro atoms. The maximum absolute atomic E-state index is 11.2. The van der Waals surface area contributed by atoms with E-state index in [1.54, 1.807) is 13.1 Å². The summed E-state index contributed by atoms with van der Waals surface area (Å²) in [6.45, 7) is 6.54. The Kier molecular flexibility index (Phi) is 4.36. The highest BCUT2D eigenvalue weighted by Crippen LogP contribution is 2.11. The fourth-order valence-corrected chi connectivity index (χ4v) is 2.53. The molecule has 1 aromatic heterocycles. The monoisotopic (exact) mass is 250 g/mol. The average molecular weight is 250 g/mol. The quantitative estimate of drug-likeness (QED) is 0.862. The first kappa shape index (κ1) is 13.1. The lowest BCUT2D eigenvalue weighted by atomic mass is 10.0. The lowest BCUT2D eigenvalue weighted by Crippen LogP contribution is -2.47.